The van der Waals surface area contributed by atoms with Crippen LogP contribution in [0.5, 0.6) is 0 Å². The lowest BCUT2D eigenvalue weighted by Crippen LogP contribution is -2.18. The van der Waals surface area contributed by atoms with Crippen molar-refractivity contribution in [3.63, 3.8) is 0 Å². The summed E-state index contributed by atoms with van der Waals surface area (Å²) in [6, 6.07) is 0. The Morgan fingerprint density at radius 1 is 1.06 bits per heavy atom. The maximum absolute atomic E-state index is 11.3. The van der Waals surface area contributed by atoms with E-state index in [4.69, 9.17) is 0 Å². The van der Waals surface area contributed by atoms with Crippen LogP contribution in [-0.4, -0.2) is 13.0 Å². The van der Waals surface area contributed by atoms with Crippen LogP contribution in [0.3, 0.4) is 0 Å². The summed E-state index contributed by atoms with van der Waals surface area (Å²) >= 11 is 0. The molecule has 0 bridgehead atoms. The molecule has 2 heteroatoms. The van der Waals surface area contributed by atoms with Crippen LogP contribution in [-0.2, 0) is 4.79 Å². The maximum Gasteiger partial charge on any atom is 0.219 e. The van der Waals surface area contributed by atoms with Crippen molar-refractivity contribution in [2.45, 2.75) is 64.2 Å². The van der Waals surface area contributed by atoms with E-state index in [-0.39, 0.29) is 5.91 Å². The molecule has 17 heavy (non-hydrogen) atoms. The van der Waals surface area contributed by atoms with Gasteiger partial charge >= 0.3 is 0 Å². The molecule has 0 aromatic rings. The van der Waals surface area contributed by atoms with Gasteiger partial charge < -0.3 is 5.32 Å². The van der Waals surface area contributed by atoms with Crippen molar-refractivity contribution in [3.05, 3.63) is 0 Å². The van der Waals surface area contributed by atoms with E-state index in [1.54, 1.807) is 7.05 Å². The largest absolute Gasteiger partial charge is 0.359 e. The van der Waals surface area contributed by atoms with Gasteiger partial charge in [-0.1, -0.05) is 38.5 Å². The number of hydrogen-bond acceptors (Lipinski definition) is 1. The van der Waals surface area contributed by atoms with Crippen LogP contribution in [0.15, 0.2) is 0 Å². The van der Waals surface area contributed by atoms with Crippen molar-refractivity contribution in [1.82, 2.24) is 5.32 Å². The molecule has 0 aromatic carbocycles. The van der Waals surface area contributed by atoms with Gasteiger partial charge in [-0.2, -0.15) is 0 Å². The molecule has 98 valence electrons. The first kappa shape index (κ1) is 12.9. The van der Waals surface area contributed by atoms with Gasteiger partial charge in [-0.25, -0.2) is 0 Å². The summed E-state index contributed by atoms with van der Waals surface area (Å²) in [5.74, 6) is 3.10. The molecule has 3 atom stereocenters. The summed E-state index contributed by atoms with van der Waals surface area (Å²) in [7, 11) is 1.74. The van der Waals surface area contributed by atoms with E-state index in [0.717, 1.165) is 30.6 Å². The van der Waals surface area contributed by atoms with E-state index in [9.17, 15) is 4.79 Å². The Bertz CT molecular complexity index is 251. The second-order valence-electron chi connectivity index (χ2n) is 6.06. The van der Waals surface area contributed by atoms with E-state index in [2.05, 4.69) is 5.32 Å². The second kappa shape index (κ2) is 6.42. The number of carbonyl (C=O) groups excluding carboxylic acids is 1. The van der Waals surface area contributed by atoms with Gasteiger partial charge in [0.25, 0.3) is 0 Å². The van der Waals surface area contributed by atoms with Crippen LogP contribution in [0.1, 0.15) is 64.2 Å². The molecule has 1 N–H and O–H groups in total. The Balaban J connectivity index is 1.75. The summed E-state index contributed by atoms with van der Waals surface area (Å²) in [5.41, 5.74) is 0. The Morgan fingerprint density at radius 3 is 2.59 bits per heavy atom. The molecule has 2 rings (SSSR count). The fourth-order valence-electron chi connectivity index (χ4n) is 3.41. The molecule has 0 radical (unpaired) electrons. The molecule has 0 aromatic heterocycles. The van der Waals surface area contributed by atoms with Crippen molar-refractivity contribution in [2.24, 2.45) is 17.8 Å². The Labute approximate surface area is 106 Å². The second-order valence-corrected chi connectivity index (χ2v) is 6.06. The number of rotatable bonds is 3. The van der Waals surface area contributed by atoms with Crippen LogP contribution in [0.4, 0.5) is 0 Å². The molecule has 1 amide bonds. The van der Waals surface area contributed by atoms with Gasteiger partial charge in [0.15, 0.2) is 0 Å². The summed E-state index contributed by atoms with van der Waals surface area (Å²) < 4.78 is 0. The molecule has 2 saturated carbocycles. The smallest absolute Gasteiger partial charge is 0.219 e. The standard InChI is InChI=1S/C15H27NO/c1-16-15(17)9-8-12-6-4-2-3-5-7-13-11-14(13)10-12/h12-14H,2-11H2,1H3,(H,16,17)/t12?,13-,14+/m0/s1. The third-order valence-corrected chi connectivity index (χ3v) is 4.70. The van der Waals surface area contributed by atoms with Crippen LogP contribution in [0.25, 0.3) is 0 Å². The monoisotopic (exact) mass is 237 g/mol. The van der Waals surface area contributed by atoms with Gasteiger partial charge in [0, 0.05) is 13.5 Å². The molecule has 2 aliphatic rings. The van der Waals surface area contributed by atoms with Gasteiger partial charge in [0.05, 0.1) is 0 Å². The number of carbonyl (C=O) groups is 1. The zero-order valence-electron chi connectivity index (χ0n) is 11.2. The van der Waals surface area contributed by atoms with E-state index in [1.165, 1.54) is 51.4 Å². The van der Waals surface area contributed by atoms with E-state index in [1.807, 2.05) is 0 Å². The van der Waals surface area contributed by atoms with Gasteiger partial charge in [-0.15, -0.1) is 0 Å². The van der Waals surface area contributed by atoms with Crippen LogP contribution in [0, 0.1) is 17.8 Å². The minimum Gasteiger partial charge on any atom is -0.359 e. The first-order valence-corrected chi connectivity index (χ1v) is 7.50. The lowest BCUT2D eigenvalue weighted by Gasteiger charge is -2.18. The molecule has 2 nitrogen and oxygen atoms in total. The predicted octanol–water partition coefficient (Wildman–Crippen LogP) is 3.51. The topological polar surface area (TPSA) is 29.1 Å². The Morgan fingerprint density at radius 2 is 1.82 bits per heavy atom. The zero-order valence-corrected chi connectivity index (χ0v) is 11.2. The summed E-state index contributed by atoms with van der Waals surface area (Å²) in [6.07, 6.45) is 13.3. The minimum absolute atomic E-state index is 0.217. The highest BCUT2D eigenvalue weighted by atomic mass is 16.1. The lowest BCUT2D eigenvalue weighted by atomic mass is 9.89. The predicted molar refractivity (Wildman–Crippen MR) is 70.7 cm³/mol. The molecule has 2 aliphatic carbocycles. The highest BCUT2D eigenvalue weighted by molar-refractivity contribution is 5.75. The fourth-order valence-corrected chi connectivity index (χ4v) is 3.41. The van der Waals surface area contributed by atoms with Crippen LogP contribution < -0.4 is 5.32 Å². The molecule has 0 aliphatic heterocycles. The first-order chi connectivity index (χ1) is 8.29. The number of amides is 1. The van der Waals surface area contributed by atoms with Crippen molar-refractivity contribution < 1.29 is 4.79 Å². The summed E-state index contributed by atoms with van der Waals surface area (Å²) in [5, 5.41) is 2.74. The minimum atomic E-state index is 0.217. The van der Waals surface area contributed by atoms with Crippen molar-refractivity contribution in [3.8, 4) is 0 Å². The third-order valence-electron chi connectivity index (χ3n) is 4.70. The number of nitrogens with one attached hydrogen (secondary N) is 1. The Hall–Kier alpha value is -0.530. The summed E-state index contributed by atoms with van der Waals surface area (Å²) in [6.45, 7) is 0. The SMILES string of the molecule is CNC(=O)CCC1CCCCCC[C@H]2C[C@H]2C1. The van der Waals surface area contributed by atoms with Crippen molar-refractivity contribution in [1.29, 1.82) is 0 Å². The highest BCUT2D eigenvalue weighted by Crippen LogP contribution is 2.48. The average molecular weight is 237 g/mol. The maximum atomic E-state index is 11.3. The number of hydrogen-bond donors (Lipinski definition) is 1. The normalized spacial score (nSPS) is 33.6. The van der Waals surface area contributed by atoms with Crippen LogP contribution >= 0.6 is 0 Å². The molecule has 0 heterocycles. The third kappa shape index (κ3) is 4.33. The van der Waals surface area contributed by atoms with E-state index in [0.29, 0.717) is 0 Å². The molecular weight excluding hydrogens is 210 g/mol. The first-order valence-electron chi connectivity index (χ1n) is 7.50. The number of fused-ring (bicyclic) bond motifs is 1. The summed E-state index contributed by atoms with van der Waals surface area (Å²) in [4.78, 5) is 11.3. The van der Waals surface area contributed by atoms with Crippen molar-refractivity contribution in [2.75, 3.05) is 7.05 Å². The molecule has 1 unspecified atom stereocenters. The molecule has 0 spiro atoms. The fraction of sp³-hybridized carbons (Fsp3) is 0.933. The lowest BCUT2D eigenvalue weighted by molar-refractivity contribution is -0.120. The van der Waals surface area contributed by atoms with Crippen molar-refractivity contribution >= 4 is 5.91 Å². The average Bonchev–Trinajstić information content (AvgIpc) is 3.09. The van der Waals surface area contributed by atoms with Gasteiger partial charge in [-0.3, -0.25) is 4.79 Å². The van der Waals surface area contributed by atoms with E-state index >= 15 is 0 Å². The van der Waals surface area contributed by atoms with Gasteiger partial charge in [0.2, 0.25) is 5.91 Å². The Kier molecular flexibility index (Phi) is 4.87. The molecule has 0 saturated heterocycles. The molecule has 2 fully saturated rings. The quantitative estimate of drug-likeness (QED) is 0.799. The van der Waals surface area contributed by atoms with E-state index < -0.39 is 0 Å². The highest BCUT2D eigenvalue weighted by Gasteiger charge is 2.37. The molecular formula is C15H27NO. The van der Waals surface area contributed by atoms with Crippen LogP contribution in [0.2, 0.25) is 0 Å². The van der Waals surface area contributed by atoms with Gasteiger partial charge in [0.1, 0.15) is 0 Å². The van der Waals surface area contributed by atoms with Gasteiger partial charge in [-0.05, 0) is 37.0 Å². The zero-order chi connectivity index (χ0) is 12.1.